The van der Waals surface area contributed by atoms with Crippen molar-refractivity contribution in [3.63, 3.8) is 0 Å². The first-order chi connectivity index (χ1) is 14.8. The van der Waals surface area contributed by atoms with Crippen LogP contribution in [0.15, 0.2) is 0 Å². The Labute approximate surface area is 197 Å². The van der Waals surface area contributed by atoms with Crippen LogP contribution in [-0.4, -0.2) is 53.6 Å². The fourth-order valence-electron chi connectivity index (χ4n) is 6.08. The molecular formula is C25H42O6S. The number of carbonyl (C=O) groups is 3. The number of carbonyl (C=O) groups excluding carboxylic acids is 3. The Bertz CT molecular complexity index is 711. The SMILES string of the molecule is CC[C@H]1OC(=O)C(C)C[C@H](C)CC(C)(OC)C[C@@H](C)C(=O)C(C)C2C(SC)C(=O)O[C@@]21C. The summed E-state index contributed by atoms with van der Waals surface area (Å²) in [7, 11) is 1.68. The molecule has 32 heavy (non-hydrogen) atoms. The summed E-state index contributed by atoms with van der Waals surface area (Å²) >= 11 is 1.40. The molecule has 2 saturated heterocycles. The highest BCUT2D eigenvalue weighted by Crippen LogP contribution is 2.48. The molecule has 2 heterocycles. The zero-order chi connectivity index (χ0) is 24.4. The Morgan fingerprint density at radius 1 is 1.03 bits per heavy atom. The highest BCUT2D eigenvalue weighted by atomic mass is 32.2. The molecule has 2 fully saturated rings. The van der Waals surface area contributed by atoms with Crippen LogP contribution in [0.5, 0.6) is 0 Å². The number of methoxy groups -OCH3 is 1. The second-order valence-electron chi connectivity index (χ2n) is 10.5. The van der Waals surface area contributed by atoms with E-state index in [0.29, 0.717) is 19.3 Å². The highest BCUT2D eigenvalue weighted by Gasteiger charge is 2.60. The fourth-order valence-corrected chi connectivity index (χ4v) is 7.12. The summed E-state index contributed by atoms with van der Waals surface area (Å²) in [6.45, 7) is 13.6. The molecule has 0 aromatic heterocycles. The molecule has 184 valence electrons. The predicted octanol–water partition coefficient (Wildman–Crippen LogP) is 4.67. The van der Waals surface area contributed by atoms with Gasteiger partial charge in [-0.1, -0.05) is 34.6 Å². The maximum absolute atomic E-state index is 13.6. The van der Waals surface area contributed by atoms with Crippen molar-refractivity contribution in [1.29, 1.82) is 0 Å². The van der Waals surface area contributed by atoms with Crippen molar-refractivity contribution in [1.82, 2.24) is 0 Å². The van der Waals surface area contributed by atoms with Crippen molar-refractivity contribution in [2.24, 2.45) is 29.6 Å². The van der Waals surface area contributed by atoms with Gasteiger partial charge in [-0.05, 0) is 51.7 Å². The average molecular weight is 471 g/mol. The largest absolute Gasteiger partial charge is 0.458 e. The van der Waals surface area contributed by atoms with Crippen LogP contribution in [0.4, 0.5) is 0 Å². The standard InChI is InChI=1S/C25H42O6S/c1-10-18-25(7)19(21(32-9)23(28)31-25)17(5)20(26)16(4)13-24(6,29-8)12-14(2)11-15(3)22(27)30-18/h14-19,21H,10-13H2,1-9H3/t14-,15?,16+,17?,18+,19?,21?,24?,25+/m0/s1. The van der Waals surface area contributed by atoms with Gasteiger partial charge in [0.25, 0.3) is 0 Å². The van der Waals surface area contributed by atoms with Crippen molar-refractivity contribution in [2.75, 3.05) is 13.4 Å². The number of thioether (sulfide) groups is 1. The quantitative estimate of drug-likeness (QED) is 0.554. The van der Waals surface area contributed by atoms with E-state index in [2.05, 4.69) is 6.92 Å². The normalized spacial score (nSPS) is 44.4. The highest BCUT2D eigenvalue weighted by molar-refractivity contribution is 7.99. The Morgan fingerprint density at radius 2 is 1.66 bits per heavy atom. The summed E-state index contributed by atoms with van der Waals surface area (Å²) < 4.78 is 17.8. The van der Waals surface area contributed by atoms with Crippen molar-refractivity contribution in [3.8, 4) is 0 Å². The molecule has 0 bridgehead atoms. The van der Waals surface area contributed by atoms with Crippen LogP contribution in [0.1, 0.15) is 74.1 Å². The smallest absolute Gasteiger partial charge is 0.320 e. The van der Waals surface area contributed by atoms with E-state index in [1.807, 2.05) is 47.8 Å². The van der Waals surface area contributed by atoms with Gasteiger partial charge >= 0.3 is 11.9 Å². The third kappa shape index (κ3) is 5.35. The Balaban J connectivity index is 2.55. The fraction of sp³-hybridized carbons (Fsp3) is 0.880. The topological polar surface area (TPSA) is 78.9 Å². The molecule has 5 unspecified atom stereocenters. The van der Waals surface area contributed by atoms with Gasteiger partial charge in [-0.3, -0.25) is 14.4 Å². The van der Waals surface area contributed by atoms with Gasteiger partial charge < -0.3 is 14.2 Å². The summed E-state index contributed by atoms with van der Waals surface area (Å²) in [5.74, 6) is -1.62. The van der Waals surface area contributed by atoms with Crippen LogP contribution >= 0.6 is 11.8 Å². The number of cyclic esters (lactones) is 1. The molecule has 0 saturated carbocycles. The van der Waals surface area contributed by atoms with Crippen LogP contribution < -0.4 is 0 Å². The first kappa shape index (κ1) is 27.2. The van der Waals surface area contributed by atoms with E-state index in [1.165, 1.54) is 11.8 Å². The van der Waals surface area contributed by atoms with Crippen molar-refractivity contribution >= 4 is 29.5 Å². The minimum Gasteiger partial charge on any atom is -0.458 e. The van der Waals surface area contributed by atoms with Gasteiger partial charge in [-0.2, -0.15) is 0 Å². The van der Waals surface area contributed by atoms with E-state index < -0.39 is 28.5 Å². The molecule has 2 rings (SSSR count). The van der Waals surface area contributed by atoms with E-state index in [1.54, 1.807) is 7.11 Å². The number of ketones is 1. The number of hydrogen-bond donors (Lipinski definition) is 0. The molecule has 2 aliphatic rings. The predicted molar refractivity (Wildman–Crippen MR) is 126 cm³/mol. The maximum atomic E-state index is 13.6. The van der Waals surface area contributed by atoms with Crippen LogP contribution in [-0.2, 0) is 28.6 Å². The van der Waals surface area contributed by atoms with Gasteiger partial charge in [0.15, 0.2) is 5.60 Å². The Hall–Kier alpha value is -1.08. The molecule has 0 amide bonds. The van der Waals surface area contributed by atoms with Gasteiger partial charge in [0, 0.05) is 24.9 Å². The minimum absolute atomic E-state index is 0.0983. The number of ether oxygens (including phenoxy) is 3. The second-order valence-corrected chi connectivity index (χ2v) is 11.5. The van der Waals surface area contributed by atoms with Crippen LogP contribution in [0.3, 0.4) is 0 Å². The van der Waals surface area contributed by atoms with Crippen molar-refractivity contribution in [3.05, 3.63) is 0 Å². The van der Waals surface area contributed by atoms with E-state index in [9.17, 15) is 14.4 Å². The van der Waals surface area contributed by atoms with Crippen molar-refractivity contribution < 1.29 is 28.6 Å². The molecule has 0 aromatic rings. The lowest BCUT2D eigenvalue weighted by molar-refractivity contribution is -0.183. The monoisotopic (exact) mass is 470 g/mol. The third-order valence-corrected chi connectivity index (χ3v) is 8.70. The van der Waals surface area contributed by atoms with E-state index in [4.69, 9.17) is 14.2 Å². The molecule has 0 radical (unpaired) electrons. The molecule has 0 spiro atoms. The molecule has 0 aliphatic carbocycles. The lowest BCUT2D eigenvalue weighted by atomic mass is 9.70. The second kappa shape index (κ2) is 10.5. The van der Waals surface area contributed by atoms with E-state index in [0.717, 1.165) is 6.42 Å². The van der Waals surface area contributed by atoms with Gasteiger partial charge in [-0.25, -0.2) is 0 Å². The summed E-state index contributed by atoms with van der Waals surface area (Å²) in [5.41, 5.74) is -1.53. The van der Waals surface area contributed by atoms with Gasteiger partial charge in [-0.15, -0.1) is 11.8 Å². The van der Waals surface area contributed by atoms with Gasteiger partial charge in [0.2, 0.25) is 0 Å². The first-order valence-electron chi connectivity index (χ1n) is 11.9. The number of fused-ring (bicyclic) bond motifs is 1. The van der Waals surface area contributed by atoms with Crippen molar-refractivity contribution in [2.45, 2.75) is 96.7 Å². The zero-order valence-corrected chi connectivity index (χ0v) is 22.0. The van der Waals surface area contributed by atoms with Crippen LogP contribution in [0.25, 0.3) is 0 Å². The van der Waals surface area contributed by atoms with E-state index >= 15 is 0 Å². The van der Waals surface area contributed by atoms with Crippen LogP contribution in [0, 0.1) is 29.6 Å². The molecule has 9 atom stereocenters. The molecule has 2 aliphatic heterocycles. The Kier molecular flexibility index (Phi) is 8.88. The third-order valence-electron chi connectivity index (χ3n) is 7.71. The minimum atomic E-state index is -1.05. The molecule has 7 heteroatoms. The average Bonchev–Trinajstić information content (AvgIpc) is 2.99. The number of Topliss-reactive ketones (excluding diaryl/α,β-unsaturated/α-hetero) is 1. The van der Waals surface area contributed by atoms with Gasteiger partial charge in [0.05, 0.1) is 11.5 Å². The number of hydrogen-bond acceptors (Lipinski definition) is 7. The summed E-state index contributed by atoms with van der Waals surface area (Å²) in [5, 5.41) is -0.474. The Morgan fingerprint density at radius 3 is 2.19 bits per heavy atom. The van der Waals surface area contributed by atoms with Gasteiger partial charge in [0.1, 0.15) is 17.1 Å². The van der Waals surface area contributed by atoms with E-state index in [-0.39, 0.29) is 41.4 Å². The molecule has 0 aromatic carbocycles. The molecule has 6 nitrogen and oxygen atoms in total. The lowest BCUT2D eigenvalue weighted by Crippen LogP contribution is -2.52. The lowest BCUT2D eigenvalue weighted by Gasteiger charge is -2.41. The first-order valence-corrected chi connectivity index (χ1v) is 13.2. The number of rotatable bonds is 3. The molecular weight excluding hydrogens is 428 g/mol. The zero-order valence-electron chi connectivity index (χ0n) is 21.2. The summed E-state index contributed by atoms with van der Waals surface area (Å²) in [6, 6.07) is 0. The summed E-state index contributed by atoms with van der Waals surface area (Å²) in [6.07, 6.45) is 3.78. The van der Waals surface area contributed by atoms with Crippen LogP contribution in [0.2, 0.25) is 0 Å². The number of esters is 2. The maximum Gasteiger partial charge on any atom is 0.320 e. The molecule has 0 N–H and O–H groups in total. The summed E-state index contributed by atoms with van der Waals surface area (Å²) in [4.78, 5) is 39.5.